The average Bonchev–Trinajstić information content (AvgIpc) is 2.61. The highest BCUT2D eigenvalue weighted by Gasteiger charge is 2.11. The van der Waals surface area contributed by atoms with Crippen LogP contribution in [0.1, 0.15) is 15.9 Å². The van der Waals surface area contributed by atoms with Gasteiger partial charge < -0.3 is 9.47 Å². The van der Waals surface area contributed by atoms with E-state index in [2.05, 4.69) is 26.5 Å². The van der Waals surface area contributed by atoms with Crippen molar-refractivity contribution in [1.29, 1.82) is 0 Å². The number of methoxy groups -OCH3 is 2. The second-order valence-electron chi connectivity index (χ2n) is 4.74. The summed E-state index contributed by atoms with van der Waals surface area (Å²) >= 11 is 3.36. The number of hydrogen-bond acceptors (Lipinski definition) is 6. The first-order valence-electron chi connectivity index (χ1n) is 6.95. The SMILES string of the molecule is COc1cc(OC)c(/C=N/NC(=O)c2cccc([N+](=O)[O-])c2)cc1Br. The van der Waals surface area contributed by atoms with Gasteiger partial charge in [-0.3, -0.25) is 14.9 Å². The highest BCUT2D eigenvalue weighted by Crippen LogP contribution is 2.31. The Labute approximate surface area is 151 Å². The maximum atomic E-state index is 12.0. The molecule has 0 radical (unpaired) electrons. The van der Waals surface area contributed by atoms with E-state index in [0.717, 1.165) is 0 Å². The number of hydrogen-bond donors (Lipinski definition) is 1. The summed E-state index contributed by atoms with van der Waals surface area (Å²) in [5, 5.41) is 14.6. The van der Waals surface area contributed by atoms with E-state index in [1.807, 2.05) is 0 Å². The molecule has 2 aromatic rings. The number of benzene rings is 2. The Morgan fingerprint density at radius 2 is 1.96 bits per heavy atom. The lowest BCUT2D eigenvalue weighted by molar-refractivity contribution is -0.384. The van der Waals surface area contributed by atoms with Crippen LogP contribution in [0.2, 0.25) is 0 Å². The van der Waals surface area contributed by atoms with Crippen molar-refractivity contribution in [1.82, 2.24) is 5.43 Å². The number of nitro groups is 1. The summed E-state index contributed by atoms with van der Waals surface area (Å²) in [4.78, 5) is 22.2. The van der Waals surface area contributed by atoms with Crippen molar-refractivity contribution in [2.24, 2.45) is 5.10 Å². The minimum atomic E-state index is -0.570. The maximum Gasteiger partial charge on any atom is 0.271 e. The minimum absolute atomic E-state index is 0.134. The summed E-state index contributed by atoms with van der Waals surface area (Å²) in [5.41, 5.74) is 2.89. The first kappa shape index (κ1) is 18.4. The molecule has 0 aliphatic carbocycles. The monoisotopic (exact) mass is 407 g/mol. The molecule has 1 N–H and O–H groups in total. The Morgan fingerprint density at radius 1 is 1.24 bits per heavy atom. The molecule has 9 heteroatoms. The molecule has 25 heavy (non-hydrogen) atoms. The van der Waals surface area contributed by atoms with Gasteiger partial charge in [0, 0.05) is 29.3 Å². The predicted octanol–water partition coefficient (Wildman–Crippen LogP) is 3.14. The minimum Gasteiger partial charge on any atom is -0.496 e. The standard InChI is InChI=1S/C16H14BrN3O5/c1-24-14-8-15(25-2)13(17)7-11(14)9-18-19-16(21)10-4-3-5-12(6-10)20(22)23/h3-9H,1-2H3,(H,19,21)/b18-9+. The zero-order chi connectivity index (χ0) is 18.4. The molecule has 8 nitrogen and oxygen atoms in total. The van der Waals surface area contributed by atoms with Crippen molar-refractivity contribution < 1.29 is 19.2 Å². The van der Waals surface area contributed by atoms with Crippen molar-refractivity contribution in [3.63, 3.8) is 0 Å². The Hall–Kier alpha value is -2.94. The van der Waals surface area contributed by atoms with Gasteiger partial charge in [-0.25, -0.2) is 5.43 Å². The molecule has 0 saturated carbocycles. The number of carbonyl (C=O) groups is 1. The molecule has 2 aromatic carbocycles. The van der Waals surface area contributed by atoms with Crippen LogP contribution < -0.4 is 14.9 Å². The molecule has 0 aliphatic rings. The normalized spacial score (nSPS) is 10.5. The first-order chi connectivity index (χ1) is 12.0. The van der Waals surface area contributed by atoms with Crippen LogP contribution in [0.4, 0.5) is 5.69 Å². The van der Waals surface area contributed by atoms with Crippen LogP contribution in [0.5, 0.6) is 11.5 Å². The van der Waals surface area contributed by atoms with Crippen molar-refractivity contribution >= 4 is 33.7 Å². The fraction of sp³-hybridized carbons (Fsp3) is 0.125. The van der Waals surface area contributed by atoms with E-state index in [-0.39, 0.29) is 11.3 Å². The van der Waals surface area contributed by atoms with Gasteiger partial charge in [-0.1, -0.05) is 6.07 Å². The molecular weight excluding hydrogens is 394 g/mol. The van der Waals surface area contributed by atoms with Crippen LogP contribution in [0, 0.1) is 10.1 Å². The number of non-ortho nitro benzene ring substituents is 1. The van der Waals surface area contributed by atoms with Crippen molar-refractivity contribution in [3.05, 3.63) is 62.1 Å². The summed E-state index contributed by atoms with van der Waals surface area (Å²) in [6.07, 6.45) is 1.40. The maximum absolute atomic E-state index is 12.0. The molecule has 2 rings (SSSR count). The fourth-order valence-electron chi connectivity index (χ4n) is 1.97. The first-order valence-corrected chi connectivity index (χ1v) is 7.75. The molecule has 0 unspecified atom stereocenters. The van der Waals surface area contributed by atoms with E-state index < -0.39 is 10.8 Å². The number of ether oxygens (including phenoxy) is 2. The van der Waals surface area contributed by atoms with Gasteiger partial charge in [-0.15, -0.1) is 0 Å². The second kappa shape index (κ2) is 8.25. The van der Waals surface area contributed by atoms with Crippen LogP contribution in [0.3, 0.4) is 0 Å². The Bertz CT molecular complexity index is 839. The lowest BCUT2D eigenvalue weighted by Crippen LogP contribution is -2.17. The van der Waals surface area contributed by atoms with Gasteiger partial charge in [-0.2, -0.15) is 5.10 Å². The molecule has 0 spiro atoms. The second-order valence-corrected chi connectivity index (χ2v) is 5.59. The van der Waals surface area contributed by atoms with Crippen LogP contribution in [0.25, 0.3) is 0 Å². The van der Waals surface area contributed by atoms with Gasteiger partial charge in [0.05, 0.1) is 29.8 Å². The molecular formula is C16H14BrN3O5. The summed E-state index contributed by atoms with van der Waals surface area (Å²) in [5.74, 6) is 0.537. The van der Waals surface area contributed by atoms with E-state index in [1.165, 1.54) is 44.7 Å². The van der Waals surface area contributed by atoms with Crippen LogP contribution in [-0.2, 0) is 0 Å². The third-order valence-corrected chi connectivity index (χ3v) is 3.81. The quantitative estimate of drug-likeness (QED) is 0.450. The third kappa shape index (κ3) is 4.54. The molecule has 130 valence electrons. The van der Waals surface area contributed by atoms with Crippen LogP contribution in [0.15, 0.2) is 46.0 Å². The number of rotatable bonds is 6. The zero-order valence-electron chi connectivity index (χ0n) is 13.4. The number of halogens is 1. The third-order valence-electron chi connectivity index (χ3n) is 3.19. The summed E-state index contributed by atoms with van der Waals surface area (Å²) in [6.45, 7) is 0. The van der Waals surface area contributed by atoms with Gasteiger partial charge in [0.25, 0.3) is 11.6 Å². The van der Waals surface area contributed by atoms with Crippen molar-refractivity contribution in [2.75, 3.05) is 14.2 Å². The molecule has 0 aromatic heterocycles. The highest BCUT2D eigenvalue weighted by atomic mass is 79.9. The van der Waals surface area contributed by atoms with E-state index in [0.29, 0.717) is 21.5 Å². The summed E-state index contributed by atoms with van der Waals surface area (Å²) in [6, 6.07) is 8.77. The molecule has 1 amide bonds. The molecule has 0 saturated heterocycles. The molecule has 0 bridgehead atoms. The van der Waals surface area contributed by atoms with E-state index in [1.54, 1.807) is 12.1 Å². The van der Waals surface area contributed by atoms with Crippen molar-refractivity contribution in [3.8, 4) is 11.5 Å². The lowest BCUT2D eigenvalue weighted by atomic mass is 10.2. The number of nitro benzene ring substituents is 1. The fourth-order valence-corrected chi connectivity index (χ4v) is 2.49. The number of amides is 1. The summed E-state index contributed by atoms with van der Waals surface area (Å²) < 4.78 is 11.1. The highest BCUT2D eigenvalue weighted by molar-refractivity contribution is 9.10. The Morgan fingerprint density at radius 3 is 2.60 bits per heavy atom. The number of nitrogens with zero attached hydrogens (tertiary/aromatic N) is 2. The van der Waals surface area contributed by atoms with Crippen molar-refractivity contribution in [2.45, 2.75) is 0 Å². The topological polar surface area (TPSA) is 103 Å². The zero-order valence-corrected chi connectivity index (χ0v) is 14.9. The van der Waals surface area contributed by atoms with E-state index in [9.17, 15) is 14.9 Å². The number of nitrogens with one attached hydrogen (secondary N) is 1. The van der Waals surface area contributed by atoms with Gasteiger partial charge in [0.2, 0.25) is 0 Å². The van der Waals surface area contributed by atoms with Gasteiger partial charge in [0.15, 0.2) is 0 Å². The van der Waals surface area contributed by atoms with E-state index >= 15 is 0 Å². The molecule has 0 atom stereocenters. The Balaban J connectivity index is 2.15. The van der Waals surface area contributed by atoms with Gasteiger partial charge in [-0.05, 0) is 28.1 Å². The molecule has 0 aliphatic heterocycles. The van der Waals surface area contributed by atoms with Gasteiger partial charge >= 0.3 is 0 Å². The summed E-state index contributed by atoms with van der Waals surface area (Å²) in [7, 11) is 3.04. The number of carbonyl (C=O) groups excluding carboxylic acids is 1. The average molecular weight is 408 g/mol. The Kier molecular flexibility index (Phi) is 6.07. The predicted molar refractivity (Wildman–Crippen MR) is 95.4 cm³/mol. The largest absolute Gasteiger partial charge is 0.496 e. The molecule has 0 heterocycles. The van der Waals surface area contributed by atoms with Crippen LogP contribution in [-0.4, -0.2) is 31.3 Å². The number of hydrazone groups is 1. The van der Waals surface area contributed by atoms with Crippen LogP contribution >= 0.6 is 15.9 Å². The lowest BCUT2D eigenvalue weighted by Gasteiger charge is -2.09. The molecule has 0 fully saturated rings. The van der Waals surface area contributed by atoms with E-state index in [4.69, 9.17) is 9.47 Å². The van der Waals surface area contributed by atoms with Gasteiger partial charge in [0.1, 0.15) is 11.5 Å². The smallest absolute Gasteiger partial charge is 0.271 e.